The lowest BCUT2D eigenvalue weighted by molar-refractivity contribution is -0.137. The molecule has 26 heavy (non-hydrogen) atoms. The normalized spacial score (nSPS) is 20.1. The predicted molar refractivity (Wildman–Crippen MR) is 99.7 cm³/mol. The Morgan fingerprint density at radius 2 is 1.96 bits per heavy atom. The van der Waals surface area contributed by atoms with E-state index >= 15 is 0 Å². The zero-order valence-corrected chi connectivity index (χ0v) is 14.4. The van der Waals surface area contributed by atoms with Gasteiger partial charge in [0.05, 0.1) is 11.0 Å². The molecule has 0 radical (unpaired) electrons. The minimum absolute atomic E-state index is 0.242. The van der Waals surface area contributed by atoms with Crippen LogP contribution in [0.2, 0.25) is 0 Å². The standard InChI is InChI=1S/C20H20N4O2/c25-20-15(19-22-16-3-1-2-4-17(16)23-19)11-13-5-6-14(12-18(13)26-20)24-9-7-21-8-10-24/h1-6,12,15,21H,7-11H2,(H,22,23). The molecule has 1 atom stereocenters. The van der Waals surface area contributed by atoms with Gasteiger partial charge in [0.1, 0.15) is 17.5 Å². The summed E-state index contributed by atoms with van der Waals surface area (Å²) in [5.41, 5.74) is 3.97. The molecule has 3 aromatic rings. The summed E-state index contributed by atoms with van der Waals surface area (Å²) in [5, 5.41) is 3.35. The van der Waals surface area contributed by atoms with Crippen molar-refractivity contribution < 1.29 is 9.53 Å². The second-order valence-electron chi connectivity index (χ2n) is 6.85. The van der Waals surface area contributed by atoms with E-state index < -0.39 is 0 Å². The van der Waals surface area contributed by atoms with Gasteiger partial charge >= 0.3 is 5.97 Å². The number of imidazole rings is 1. The zero-order chi connectivity index (χ0) is 17.5. The number of nitrogens with zero attached hydrogens (tertiary/aromatic N) is 2. The molecule has 0 amide bonds. The molecule has 1 unspecified atom stereocenters. The van der Waals surface area contributed by atoms with Crippen LogP contribution in [0.3, 0.4) is 0 Å². The Morgan fingerprint density at radius 1 is 1.12 bits per heavy atom. The summed E-state index contributed by atoms with van der Waals surface area (Å²) in [6.07, 6.45) is 0.607. The summed E-state index contributed by atoms with van der Waals surface area (Å²) in [4.78, 5) is 22.8. The first-order valence-electron chi connectivity index (χ1n) is 9.03. The number of piperazine rings is 1. The fourth-order valence-electron chi connectivity index (χ4n) is 3.76. The van der Waals surface area contributed by atoms with Gasteiger partial charge in [-0.25, -0.2) is 4.98 Å². The Labute approximate surface area is 151 Å². The Balaban J connectivity index is 1.44. The number of hydrogen-bond acceptors (Lipinski definition) is 5. The van der Waals surface area contributed by atoms with Crippen molar-refractivity contribution in [2.75, 3.05) is 31.1 Å². The summed E-state index contributed by atoms with van der Waals surface area (Å²) in [6.45, 7) is 3.89. The van der Waals surface area contributed by atoms with Gasteiger partial charge in [0.25, 0.3) is 0 Å². The molecule has 2 aromatic carbocycles. The number of anilines is 1. The van der Waals surface area contributed by atoms with E-state index in [9.17, 15) is 4.79 Å². The van der Waals surface area contributed by atoms with E-state index in [0.717, 1.165) is 48.5 Å². The molecule has 132 valence electrons. The third-order valence-electron chi connectivity index (χ3n) is 5.19. The Hall–Kier alpha value is -2.86. The van der Waals surface area contributed by atoms with Crippen molar-refractivity contribution in [2.45, 2.75) is 12.3 Å². The zero-order valence-electron chi connectivity index (χ0n) is 14.4. The molecule has 0 bridgehead atoms. The van der Waals surface area contributed by atoms with Crippen molar-refractivity contribution in [3.8, 4) is 5.75 Å². The number of aromatic nitrogens is 2. The minimum atomic E-state index is -0.389. The highest BCUT2D eigenvalue weighted by atomic mass is 16.5. The van der Waals surface area contributed by atoms with E-state index in [0.29, 0.717) is 18.0 Å². The summed E-state index contributed by atoms with van der Waals surface area (Å²) in [5.74, 6) is 0.723. The molecule has 1 saturated heterocycles. The second kappa shape index (κ2) is 6.14. The van der Waals surface area contributed by atoms with Crippen molar-refractivity contribution in [1.29, 1.82) is 0 Å². The van der Waals surface area contributed by atoms with Gasteiger partial charge in [-0.15, -0.1) is 0 Å². The molecular formula is C20H20N4O2. The molecule has 0 spiro atoms. The average molecular weight is 348 g/mol. The monoisotopic (exact) mass is 348 g/mol. The van der Waals surface area contributed by atoms with Crippen LogP contribution >= 0.6 is 0 Å². The molecule has 3 heterocycles. The van der Waals surface area contributed by atoms with E-state index in [2.05, 4.69) is 32.3 Å². The molecule has 5 rings (SSSR count). The number of hydrogen-bond donors (Lipinski definition) is 2. The highest BCUT2D eigenvalue weighted by Crippen LogP contribution is 2.35. The van der Waals surface area contributed by atoms with E-state index in [4.69, 9.17) is 4.74 Å². The molecule has 1 fully saturated rings. The van der Waals surface area contributed by atoms with Crippen molar-refractivity contribution in [1.82, 2.24) is 15.3 Å². The van der Waals surface area contributed by atoms with Crippen LogP contribution in [0.1, 0.15) is 17.3 Å². The van der Waals surface area contributed by atoms with Crippen LogP contribution in [0.15, 0.2) is 42.5 Å². The minimum Gasteiger partial charge on any atom is -0.426 e. The molecule has 2 N–H and O–H groups in total. The summed E-state index contributed by atoms with van der Waals surface area (Å²) in [7, 11) is 0. The Morgan fingerprint density at radius 3 is 2.81 bits per heavy atom. The first-order chi connectivity index (χ1) is 12.8. The third kappa shape index (κ3) is 2.63. The van der Waals surface area contributed by atoms with Gasteiger partial charge < -0.3 is 19.9 Å². The van der Waals surface area contributed by atoms with Gasteiger partial charge in [0.15, 0.2) is 0 Å². The largest absolute Gasteiger partial charge is 0.426 e. The highest BCUT2D eigenvalue weighted by Gasteiger charge is 2.32. The number of para-hydroxylation sites is 2. The molecule has 6 nitrogen and oxygen atoms in total. The number of fused-ring (bicyclic) bond motifs is 2. The van der Waals surface area contributed by atoms with E-state index in [1.165, 1.54) is 0 Å². The van der Waals surface area contributed by atoms with Crippen LogP contribution in [0.5, 0.6) is 5.75 Å². The smallest absolute Gasteiger partial charge is 0.322 e. The predicted octanol–water partition coefficient (Wildman–Crippen LogP) is 2.22. The van der Waals surface area contributed by atoms with Crippen LogP contribution < -0.4 is 15.0 Å². The van der Waals surface area contributed by atoms with Gasteiger partial charge in [0, 0.05) is 37.9 Å². The lowest BCUT2D eigenvalue weighted by Crippen LogP contribution is -2.43. The molecule has 2 aliphatic heterocycles. The number of carbonyl (C=O) groups is 1. The topological polar surface area (TPSA) is 70.2 Å². The van der Waals surface area contributed by atoms with Crippen LogP contribution in [0.25, 0.3) is 11.0 Å². The number of ether oxygens (including phenoxy) is 1. The van der Waals surface area contributed by atoms with Gasteiger partial charge in [-0.2, -0.15) is 0 Å². The van der Waals surface area contributed by atoms with Crippen LogP contribution in [-0.4, -0.2) is 42.1 Å². The Kier molecular flexibility index (Phi) is 3.64. The highest BCUT2D eigenvalue weighted by molar-refractivity contribution is 5.84. The number of benzene rings is 2. The summed E-state index contributed by atoms with van der Waals surface area (Å²) < 4.78 is 5.69. The summed E-state index contributed by atoms with van der Waals surface area (Å²) in [6, 6.07) is 14.0. The van der Waals surface area contributed by atoms with Crippen molar-refractivity contribution in [3.05, 3.63) is 53.9 Å². The van der Waals surface area contributed by atoms with Crippen molar-refractivity contribution >= 4 is 22.7 Å². The maximum absolute atomic E-state index is 12.6. The second-order valence-corrected chi connectivity index (χ2v) is 6.85. The first kappa shape index (κ1) is 15.4. The van der Waals surface area contributed by atoms with Crippen molar-refractivity contribution in [3.63, 3.8) is 0 Å². The molecular weight excluding hydrogens is 328 g/mol. The third-order valence-corrected chi connectivity index (χ3v) is 5.19. The lowest BCUT2D eigenvalue weighted by atomic mass is 9.95. The number of nitrogens with one attached hydrogen (secondary N) is 2. The molecule has 1 aromatic heterocycles. The maximum Gasteiger partial charge on any atom is 0.322 e. The fraction of sp³-hybridized carbons (Fsp3) is 0.300. The maximum atomic E-state index is 12.6. The molecule has 0 aliphatic carbocycles. The molecule has 2 aliphatic rings. The number of esters is 1. The van der Waals surface area contributed by atoms with E-state index in [1.54, 1.807) is 0 Å². The number of aromatic amines is 1. The molecule has 6 heteroatoms. The number of carbonyl (C=O) groups excluding carboxylic acids is 1. The SMILES string of the molecule is O=C1Oc2cc(N3CCNCC3)ccc2CC1c1nc2ccccc2[nH]1. The molecule has 0 saturated carbocycles. The van der Waals surface area contributed by atoms with Crippen LogP contribution in [0.4, 0.5) is 5.69 Å². The fourth-order valence-corrected chi connectivity index (χ4v) is 3.76. The quantitative estimate of drug-likeness (QED) is 0.549. The van der Waals surface area contributed by atoms with Gasteiger partial charge in [0.2, 0.25) is 0 Å². The van der Waals surface area contributed by atoms with Gasteiger partial charge in [-0.05, 0) is 30.2 Å². The van der Waals surface area contributed by atoms with Crippen LogP contribution in [-0.2, 0) is 11.2 Å². The lowest BCUT2D eigenvalue weighted by Gasteiger charge is -2.31. The number of H-pyrrole nitrogens is 1. The first-order valence-corrected chi connectivity index (χ1v) is 9.03. The van der Waals surface area contributed by atoms with Crippen molar-refractivity contribution in [2.24, 2.45) is 0 Å². The summed E-state index contributed by atoms with van der Waals surface area (Å²) >= 11 is 0. The Bertz CT molecular complexity index is 942. The number of rotatable bonds is 2. The van der Waals surface area contributed by atoms with Gasteiger partial charge in [-0.1, -0.05) is 18.2 Å². The van der Waals surface area contributed by atoms with Gasteiger partial charge in [-0.3, -0.25) is 4.79 Å². The van der Waals surface area contributed by atoms with E-state index in [1.807, 2.05) is 30.3 Å². The average Bonchev–Trinajstić information content (AvgIpc) is 3.11. The van der Waals surface area contributed by atoms with E-state index in [-0.39, 0.29) is 11.9 Å². The van der Waals surface area contributed by atoms with Crippen LogP contribution in [0, 0.1) is 0 Å².